The van der Waals surface area contributed by atoms with Crippen molar-refractivity contribution >= 4 is 5.97 Å². The SMILES string of the molecule is COC(=O)CCc1ccccc1O[C@@H]1O[C@H](CO)[C@@H](O)[C@H](O)[C@H]1O. The smallest absolute Gasteiger partial charge is 0.305 e. The monoisotopic (exact) mass is 342 g/mol. The summed E-state index contributed by atoms with van der Waals surface area (Å²) in [6.45, 7) is -0.533. The number of benzene rings is 1. The van der Waals surface area contributed by atoms with Crippen LogP contribution >= 0.6 is 0 Å². The van der Waals surface area contributed by atoms with Crippen molar-refractivity contribution in [2.75, 3.05) is 13.7 Å². The van der Waals surface area contributed by atoms with Crippen LogP contribution in [0.25, 0.3) is 0 Å². The highest BCUT2D eigenvalue weighted by Gasteiger charge is 2.44. The third kappa shape index (κ3) is 4.22. The van der Waals surface area contributed by atoms with Gasteiger partial charge in [-0.05, 0) is 18.1 Å². The fourth-order valence-corrected chi connectivity index (χ4v) is 2.45. The number of para-hydroxylation sites is 1. The number of carbonyl (C=O) groups excluding carboxylic acids is 1. The molecule has 2 rings (SSSR count). The molecule has 1 aromatic carbocycles. The Morgan fingerprint density at radius 2 is 1.88 bits per heavy atom. The molecular formula is C16H22O8. The van der Waals surface area contributed by atoms with Crippen LogP contribution in [0.15, 0.2) is 24.3 Å². The van der Waals surface area contributed by atoms with Gasteiger partial charge in [0.15, 0.2) is 0 Å². The van der Waals surface area contributed by atoms with Gasteiger partial charge in [0.2, 0.25) is 6.29 Å². The average molecular weight is 342 g/mol. The molecule has 1 fully saturated rings. The highest BCUT2D eigenvalue weighted by atomic mass is 16.7. The molecule has 1 aliphatic rings. The molecule has 24 heavy (non-hydrogen) atoms. The number of rotatable bonds is 6. The average Bonchev–Trinajstić information content (AvgIpc) is 2.61. The number of esters is 1. The summed E-state index contributed by atoms with van der Waals surface area (Å²) >= 11 is 0. The number of carbonyl (C=O) groups is 1. The molecule has 8 nitrogen and oxygen atoms in total. The van der Waals surface area contributed by atoms with Crippen molar-refractivity contribution in [3.63, 3.8) is 0 Å². The van der Waals surface area contributed by atoms with Crippen LogP contribution in [0.3, 0.4) is 0 Å². The lowest BCUT2D eigenvalue weighted by atomic mass is 9.99. The molecule has 0 amide bonds. The molecule has 0 aliphatic carbocycles. The zero-order valence-corrected chi connectivity index (χ0v) is 13.2. The van der Waals surface area contributed by atoms with Gasteiger partial charge >= 0.3 is 5.97 Å². The van der Waals surface area contributed by atoms with Crippen LogP contribution in [-0.4, -0.2) is 70.8 Å². The summed E-state index contributed by atoms with van der Waals surface area (Å²) in [5.74, 6) is 0.00313. The van der Waals surface area contributed by atoms with Crippen molar-refractivity contribution in [1.29, 1.82) is 0 Å². The first-order valence-corrected chi connectivity index (χ1v) is 7.59. The van der Waals surface area contributed by atoms with E-state index in [1.807, 2.05) is 0 Å². The van der Waals surface area contributed by atoms with Crippen molar-refractivity contribution in [3.05, 3.63) is 29.8 Å². The Morgan fingerprint density at radius 3 is 2.54 bits per heavy atom. The first-order chi connectivity index (χ1) is 11.5. The zero-order chi connectivity index (χ0) is 17.7. The summed E-state index contributed by atoms with van der Waals surface area (Å²) in [5, 5.41) is 38.8. The number of aryl methyl sites for hydroxylation is 1. The van der Waals surface area contributed by atoms with Crippen molar-refractivity contribution < 1.29 is 39.4 Å². The van der Waals surface area contributed by atoms with Gasteiger partial charge in [0.25, 0.3) is 0 Å². The van der Waals surface area contributed by atoms with E-state index >= 15 is 0 Å². The Bertz CT molecular complexity index is 547. The van der Waals surface area contributed by atoms with Crippen molar-refractivity contribution in [2.45, 2.75) is 43.5 Å². The molecule has 0 radical (unpaired) electrons. The normalized spacial score (nSPS) is 30.0. The summed E-state index contributed by atoms with van der Waals surface area (Å²) in [5.41, 5.74) is 0.694. The lowest BCUT2D eigenvalue weighted by molar-refractivity contribution is -0.277. The lowest BCUT2D eigenvalue weighted by Crippen LogP contribution is -2.60. The maximum Gasteiger partial charge on any atom is 0.305 e. The van der Waals surface area contributed by atoms with Crippen LogP contribution in [0.4, 0.5) is 0 Å². The van der Waals surface area contributed by atoms with Gasteiger partial charge in [-0.1, -0.05) is 18.2 Å². The quantitative estimate of drug-likeness (QED) is 0.484. The largest absolute Gasteiger partial charge is 0.469 e. The minimum Gasteiger partial charge on any atom is -0.469 e. The van der Waals surface area contributed by atoms with E-state index in [4.69, 9.17) is 9.47 Å². The van der Waals surface area contributed by atoms with E-state index in [0.29, 0.717) is 17.7 Å². The first kappa shape index (κ1) is 18.6. The summed E-state index contributed by atoms with van der Waals surface area (Å²) in [7, 11) is 1.30. The van der Waals surface area contributed by atoms with Crippen LogP contribution < -0.4 is 4.74 Å². The van der Waals surface area contributed by atoms with E-state index in [1.165, 1.54) is 7.11 Å². The summed E-state index contributed by atoms with van der Waals surface area (Å²) < 4.78 is 15.5. The van der Waals surface area contributed by atoms with Gasteiger partial charge < -0.3 is 34.6 Å². The molecule has 0 unspecified atom stereocenters. The number of methoxy groups -OCH3 is 1. The van der Waals surface area contributed by atoms with E-state index in [9.17, 15) is 25.2 Å². The Kier molecular flexibility index (Phi) is 6.52. The van der Waals surface area contributed by atoms with E-state index in [-0.39, 0.29) is 12.4 Å². The third-order valence-electron chi connectivity index (χ3n) is 3.89. The van der Waals surface area contributed by atoms with Gasteiger partial charge in [-0.15, -0.1) is 0 Å². The van der Waals surface area contributed by atoms with Crippen LogP contribution in [0.2, 0.25) is 0 Å². The Labute approximate surface area is 139 Å². The highest BCUT2D eigenvalue weighted by Crippen LogP contribution is 2.27. The molecule has 0 saturated carbocycles. The summed E-state index contributed by atoms with van der Waals surface area (Å²) in [6.07, 6.45) is -6.24. The molecule has 5 atom stereocenters. The number of aliphatic hydroxyl groups excluding tert-OH is 4. The molecule has 4 N–H and O–H groups in total. The molecule has 1 saturated heterocycles. The Morgan fingerprint density at radius 1 is 1.17 bits per heavy atom. The van der Waals surface area contributed by atoms with Gasteiger partial charge in [0, 0.05) is 6.42 Å². The number of hydrogen-bond donors (Lipinski definition) is 4. The second-order valence-electron chi connectivity index (χ2n) is 5.50. The van der Waals surface area contributed by atoms with Crippen LogP contribution in [0.5, 0.6) is 5.75 Å². The minimum absolute atomic E-state index is 0.158. The fourth-order valence-electron chi connectivity index (χ4n) is 2.45. The van der Waals surface area contributed by atoms with Gasteiger partial charge in [-0.3, -0.25) is 4.79 Å². The predicted octanol–water partition coefficient (Wildman–Crippen LogP) is -1.03. The molecule has 8 heteroatoms. The first-order valence-electron chi connectivity index (χ1n) is 7.59. The number of aliphatic hydroxyl groups is 4. The van der Waals surface area contributed by atoms with Gasteiger partial charge in [-0.25, -0.2) is 0 Å². The van der Waals surface area contributed by atoms with E-state index in [0.717, 1.165) is 0 Å². The Hall–Kier alpha value is -1.71. The second-order valence-corrected chi connectivity index (χ2v) is 5.50. The Balaban J connectivity index is 2.11. The minimum atomic E-state index is -1.51. The third-order valence-corrected chi connectivity index (χ3v) is 3.89. The molecule has 1 aliphatic heterocycles. The van der Waals surface area contributed by atoms with Crippen LogP contribution in [0, 0.1) is 0 Å². The molecule has 0 spiro atoms. The van der Waals surface area contributed by atoms with Gasteiger partial charge in [0.05, 0.1) is 13.7 Å². The molecule has 0 aromatic heterocycles. The number of ether oxygens (including phenoxy) is 3. The topological polar surface area (TPSA) is 126 Å². The second kappa shape index (κ2) is 8.41. The lowest BCUT2D eigenvalue weighted by Gasteiger charge is -2.39. The predicted molar refractivity (Wildman–Crippen MR) is 81.2 cm³/mol. The van der Waals surface area contributed by atoms with Gasteiger partial charge in [0.1, 0.15) is 30.2 Å². The van der Waals surface area contributed by atoms with Crippen molar-refractivity contribution in [2.24, 2.45) is 0 Å². The maximum absolute atomic E-state index is 11.3. The molecular weight excluding hydrogens is 320 g/mol. The zero-order valence-electron chi connectivity index (χ0n) is 13.2. The van der Waals surface area contributed by atoms with Crippen molar-refractivity contribution in [3.8, 4) is 5.75 Å². The highest BCUT2D eigenvalue weighted by molar-refractivity contribution is 5.69. The van der Waals surface area contributed by atoms with E-state index < -0.39 is 37.3 Å². The van der Waals surface area contributed by atoms with E-state index in [2.05, 4.69) is 4.74 Å². The summed E-state index contributed by atoms with van der Waals surface area (Å²) in [6, 6.07) is 6.87. The number of hydrogen-bond acceptors (Lipinski definition) is 8. The van der Waals surface area contributed by atoms with Gasteiger partial charge in [-0.2, -0.15) is 0 Å². The molecule has 0 bridgehead atoms. The van der Waals surface area contributed by atoms with Crippen LogP contribution in [0.1, 0.15) is 12.0 Å². The van der Waals surface area contributed by atoms with Crippen molar-refractivity contribution in [1.82, 2.24) is 0 Å². The van der Waals surface area contributed by atoms with Crippen LogP contribution in [-0.2, 0) is 20.7 Å². The van der Waals surface area contributed by atoms with E-state index in [1.54, 1.807) is 24.3 Å². The standard InChI is InChI=1S/C16H22O8/c1-22-12(18)7-6-9-4-2-3-5-10(9)23-16-15(21)14(20)13(19)11(8-17)24-16/h2-5,11,13-17,19-21H,6-8H2,1H3/t11-,13-,14+,15-,16-/m1/s1. The molecule has 134 valence electrons. The maximum atomic E-state index is 11.3. The summed E-state index contributed by atoms with van der Waals surface area (Å²) in [4.78, 5) is 11.3. The molecule has 1 heterocycles. The molecule has 1 aromatic rings. The fraction of sp³-hybridized carbons (Fsp3) is 0.562.